The highest BCUT2D eigenvalue weighted by Gasteiger charge is 2.34. The van der Waals surface area contributed by atoms with E-state index in [1.165, 1.54) is 6.42 Å². The van der Waals surface area contributed by atoms with Crippen LogP contribution in [0.2, 0.25) is 5.02 Å². The van der Waals surface area contributed by atoms with Crippen LogP contribution in [0.1, 0.15) is 43.5 Å². The van der Waals surface area contributed by atoms with E-state index in [9.17, 15) is 0 Å². The summed E-state index contributed by atoms with van der Waals surface area (Å²) < 4.78 is 5.36. The summed E-state index contributed by atoms with van der Waals surface area (Å²) in [6.07, 6.45) is 5.28. The molecule has 1 heterocycles. The Hall–Kier alpha value is -1.39. The van der Waals surface area contributed by atoms with E-state index in [1.54, 1.807) is 0 Å². The third-order valence-electron chi connectivity index (χ3n) is 3.97. The van der Waals surface area contributed by atoms with Crippen LogP contribution in [-0.4, -0.2) is 10.1 Å². The van der Waals surface area contributed by atoms with Gasteiger partial charge in [-0.05, 0) is 37.5 Å². The maximum Gasteiger partial charge on any atom is 0.259 e. The molecule has 2 aromatic rings. The van der Waals surface area contributed by atoms with Gasteiger partial charge in [-0.2, -0.15) is 4.98 Å². The van der Waals surface area contributed by atoms with E-state index in [-0.39, 0.29) is 0 Å². The zero-order valence-electron chi connectivity index (χ0n) is 11.5. The number of nitrogens with zero attached hydrogens (tertiary/aromatic N) is 2. The molecule has 1 aromatic heterocycles. The van der Waals surface area contributed by atoms with Crippen LogP contribution in [0.25, 0.3) is 11.5 Å². The number of rotatable bonds is 2. The summed E-state index contributed by atoms with van der Waals surface area (Å²) in [5, 5.41) is 4.70. The minimum atomic E-state index is -0.447. The molecule has 4 nitrogen and oxygen atoms in total. The third-order valence-corrected chi connectivity index (χ3v) is 4.28. The predicted octanol–water partition coefficient (Wildman–Crippen LogP) is 3.82. The Morgan fingerprint density at radius 1 is 1.25 bits per heavy atom. The topological polar surface area (TPSA) is 64.9 Å². The fourth-order valence-corrected chi connectivity index (χ4v) is 3.05. The molecule has 0 bridgehead atoms. The summed E-state index contributed by atoms with van der Waals surface area (Å²) in [7, 11) is 0. The van der Waals surface area contributed by atoms with Gasteiger partial charge in [0, 0.05) is 0 Å². The molecule has 3 rings (SSSR count). The molecule has 0 amide bonds. The van der Waals surface area contributed by atoms with Crippen LogP contribution < -0.4 is 5.73 Å². The van der Waals surface area contributed by atoms with E-state index in [1.807, 2.05) is 25.1 Å². The summed E-state index contributed by atoms with van der Waals surface area (Å²) >= 11 is 6.23. The van der Waals surface area contributed by atoms with Crippen LogP contribution in [0.5, 0.6) is 0 Å². The molecule has 1 aromatic carbocycles. The van der Waals surface area contributed by atoms with Crippen LogP contribution in [0.3, 0.4) is 0 Å². The zero-order chi connectivity index (χ0) is 14.2. The predicted molar refractivity (Wildman–Crippen MR) is 78.4 cm³/mol. The van der Waals surface area contributed by atoms with Crippen LogP contribution in [0, 0.1) is 6.92 Å². The van der Waals surface area contributed by atoms with Gasteiger partial charge in [0.15, 0.2) is 5.82 Å². The van der Waals surface area contributed by atoms with Gasteiger partial charge in [0.1, 0.15) is 0 Å². The number of hydrogen-bond donors (Lipinski definition) is 1. The number of benzene rings is 1. The monoisotopic (exact) mass is 291 g/mol. The highest BCUT2D eigenvalue weighted by Crippen LogP contribution is 2.35. The Balaban J connectivity index is 1.93. The van der Waals surface area contributed by atoms with E-state index >= 15 is 0 Å². The first-order chi connectivity index (χ1) is 9.58. The second kappa shape index (κ2) is 5.19. The van der Waals surface area contributed by atoms with Gasteiger partial charge in [-0.15, -0.1) is 0 Å². The van der Waals surface area contributed by atoms with Crippen molar-refractivity contribution >= 4 is 11.6 Å². The van der Waals surface area contributed by atoms with Crippen molar-refractivity contribution in [2.45, 2.75) is 44.6 Å². The molecule has 1 fully saturated rings. The average Bonchev–Trinajstić information content (AvgIpc) is 2.90. The molecule has 106 valence electrons. The number of aromatic nitrogens is 2. The first-order valence-electron chi connectivity index (χ1n) is 6.98. The molecule has 0 atom stereocenters. The lowest BCUT2D eigenvalue weighted by Gasteiger charge is -2.29. The van der Waals surface area contributed by atoms with Gasteiger partial charge < -0.3 is 10.3 Å². The zero-order valence-corrected chi connectivity index (χ0v) is 12.3. The van der Waals surface area contributed by atoms with Crippen molar-refractivity contribution in [3.8, 4) is 11.5 Å². The van der Waals surface area contributed by atoms with Gasteiger partial charge in [0.05, 0.1) is 16.1 Å². The number of hydrogen-bond acceptors (Lipinski definition) is 4. The fraction of sp³-hybridized carbons (Fsp3) is 0.467. The molecule has 20 heavy (non-hydrogen) atoms. The molecular formula is C15H18ClN3O. The Morgan fingerprint density at radius 2 is 2.00 bits per heavy atom. The molecular weight excluding hydrogens is 274 g/mol. The van der Waals surface area contributed by atoms with Gasteiger partial charge in [0.2, 0.25) is 0 Å². The minimum Gasteiger partial charge on any atom is -0.334 e. The van der Waals surface area contributed by atoms with E-state index in [0.717, 1.165) is 36.8 Å². The highest BCUT2D eigenvalue weighted by atomic mass is 35.5. The lowest BCUT2D eigenvalue weighted by molar-refractivity contribution is 0.275. The molecule has 0 saturated heterocycles. The van der Waals surface area contributed by atoms with Crippen LogP contribution >= 0.6 is 11.6 Å². The maximum atomic E-state index is 6.42. The number of nitrogens with two attached hydrogens (primary N) is 1. The third kappa shape index (κ3) is 2.45. The van der Waals surface area contributed by atoms with Crippen molar-refractivity contribution in [3.05, 3.63) is 34.6 Å². The first-order valence-corrected chi connectivity index (χ1v) is 7.36. The van der Waals surface area contributed by atoms with Gasteiger partial charge in [-0.3, -0.25) is 0 Å². The van der Waals surface area contributed by atoms with E-state index in [2.05, 4.69) is 10.1 Å². The van der Waals surface area contributed by atoms with E-state index in [0.29, 0.717) is 16.7 Å². The summed E-state index contributed by atoms with van der Waals surface area (Å²) in [4.78, 5) is 4.48. The fourth-order valence-electron chi connectivity index (χ4n) is 2.73. The lowest BCUT2D eigenvalue weighted by Crippen LogP contribution is -2.39. The van der Waals surface area contributed by atoms with Gasteiger partial charge >= 0.3 is 0 Å². The molecule has 0 spiro atoms. The Kier molecular flexibility index (Phi) is 3.52. The summed E-state index contributed by atoms with van der Waals surface area (Å²) in [6.45, 7) is 1.99. The minimum absolute atomic E-state index is 0.445. The lowest BCUT2D eigenvalue weighted by atomic mass is 9.82. The number of aryl methyl sites for hydroxylation is 1. The van der Waals surface area contributed by atoms with Crippen molar-refractivity contribution in [2.75, 3.05) is 0 Å². The molecule has 0 radical (unpaired) electrons. The van der Waals surface area contributed by atoms with Crippen LogP contribution in [0.4, 0.5) is 0 Å². The maximum absolute atomic E-state index is 6.42. The second-order valence-electron chi connectivity index (χ2n) is 5.62. The Morgan fingerprint density at radius 3 is 2.70 bits per heavy atom. The summed E-state index contributed by atoms with van der Waals surface area (Å²) in [6, 6.07) is 5.77. The Bertz CT molecular complexity index is 617. The smallest absolute Gasteiger partial charge is 0.259 e. The molecule has 1 aliphatic rings. The molecule has 5 heteroatoms. The SMILES string of the molecule is Cc1ccc(-c2nc(C3(N)CCCCC3)no2)c(Cl)c1. The second-order valence-corrected chi connectivity index (χ2v) is 6.03. The first kappa shape index (κ1) is 13.6. The summed E-state index contributed by atoms with van der Waals surface area (Å²) in [5.41, 5.74) is 7.83. The number of halogens is 1. The van der Waals surface area contributed by atoms with Crippen LogP contribution in [0.15, 0.2) is 22.7 Å². The highest BCUT2D eigenvalue weighted by molar-refractivity contribution is 6.33. The van der Waals surface area contributed by atoms with Crippen molar-refractivity contribution in [2.24, 2.45) is 5.73 Å². The van der Waals surface area contributed by atoms with Crippen LogP contribution in [-0.2, 0) is 5.54 Å². The van der Waals surface area contributed by atoms with E-state index in [4.69, 9.17) is 21.9 Å². The van der Waals surface area contributed by atoms with E-state index < -0.39 is 5.54 Å². The molecule has 0 unspecified atom stereocenters. The quantitative estimate of drug-likeness (QED) is 0.913. The molecule has 2 N–H and O–H groups in total. The van der Waals surface area contributed by atoms with Crippen molar-refractivity contribution in [3.63, 3.8) is 0 Å². The van der Waals surface area contributed by atoms with Gasteiger partial charge in [-0.25, -0.2) is 0 Å². The molecule has 1 saturated carbocycles. The standard InChI is InChI=1S/C15H18ClN3O/c1-10-5-6-11(12(16)9-10)13-18-14(19-20-13)15(17)7-3-2-4-8-15/h5-6,9H,2-4,7-8,17H2,1H3. The average molecular weight is 292 g/mol. The van der Waals surface area contributed by atoms with Gasteiger partial charge in [0.25, 0.3) is 5.89 Å². The molecule has 1 aliphatic carbocycles. The summed E-state index contributed by atoms with van der Waals surface area (Å²) in [5.74, 6) is 1.05. The largest absolute Gasteiger partial charge is 0.334 e. The van der Waals surface area contributed by atoms with Crippen molar-refractivity contribution in [1.82, 2.24) is 10.1 Å². The van der Waals surface area contributed by atoms with Crippen molar-refractivity contribution in [1.29, 1.82) is 0 Å². The normalized spacial score (nSPS) is 18.1. The Labute approximate surface area is 123 Å². The van der Waals surface area contributed by atoms with Gasteiger partial charge in [-0.1, -0.05) is 42.1 Å². The van der Waals surface area contributed by atoms with Crippen molar-refractivity contribution < 1.29 is 4.52 Å². The molecule has 0 aliphatic heterocycles.